The Kier molecular flexibility index (Phi) is 25.1. The van der Waals surface area contributed by atoms with Crippen LogP contribution in [0.25, 0.3) is 0 Å². The molecule has 0 atom stereocenters. The van der Waals surface area contributed by atoms with E-state index in [1.165, 1.54) is 141 Å². The fraction of sp³-hybridized carbons (Fsp3) is 0.821. The second-order valence-electron chi connectivity index (χ2n) is 8.87. The minimum atomic E-state index is -0.325. The molecule has 0 aliphatic rings. The fourth-order valence-electron chi connectivity index (χ4n) is 4.00. The van der Waals surface area contributed by atoms with Gasteiger partial charge >= 0.3 is 5.97 Å². The van der Waals surface area contributed by atoms with Gasteiger partial charge in [0.25, 0.3) is 0 Å². The van der Waals surface area contributed by atoms with E-state index in [4.69, 9.17) is 0 Å². The number of rotatable bonds is 24. The number of ether oxygens (including phenoxy) is 1. The van der Waals surface area contributed by atoms with E-state index in [1.807, 2.05) is 6.08 Å². The molecule has 30 heavy (non-hydrogen) atoms. The molecule has 0 amide bonds. The molecular formula is C28H52O2. The highest BCUT2D eigenvalue weighted by Crippen LogP contribution is 2.15. The topological polar surface area (TPSA) is 26.3 Å². The molecule has 0 rings (SSSR count). The molecular weight excluding hydrogens is 368 g/mol. The van der Waals surface area contributed by atoms with Crippen LogP contribution in [0.15, 0.2) is 25.0 Å². The fourth-order valence-corrected chi connectivity index (χ4v) is 4.00. The Balaban J connectivity index is 3.08. The van der Waals surface area contributed by atoms with Crippen molar-refractivity contribution in [2.45, 2.75) is 148 Å². The zero-order valence-corrected chi connectivity index (χ0v) is 20.3. The highest BCUT2D eigenvalue weighted by Gasteiger charge is 1.96. The van der Waals surface area contributed by atoms with Crippen LogP contribution in [0.5, 0.6) is 0 Å². The van der Waals surface area contributed by atoms with Gasteiger partial charge in [0, 0.05) is 6.08 Å². The molecule has 0 bridgehead atoms. The molecule has 0 saturated heterocycles. The molecule has 2 heteroatoms. The molecule has 0 spiro atoms. The highest BCUT2D eigenvalue weighted by atomic mass is 16.5. The van der Waals surface area contributed by atoms with E-state index < -0.39 is 0 Å². The first-order valence-corrected chi connectivity index (χ1v) is 13.3. The van der Waals surface area contributed by atoms with Crippen molar-refractivity contribution in [3.05, 3.63) is 25.0 Å². The predicted molar refractivity (Wildman–Crippen MR) is 133 cm³/mol. The van der Waals surface area contributed by atoms with E-state index in [-0.39, 0.29) is 5.97 Å². The molecule has 0 saturated carbocycles. The third kappa shape index (κ3) is 25.0. The summed E-state index contributed by atoms with van der Waals surface area (Å²) in [6, 6.07) is 0. The van der Waals surface area contributed by atoms with E-state index in [0.717, 1.165) is 12.8 Å². The van der Waals surface area contributed by atoms with Gasteiger partial charge < -0.3 is 4.74 Å². The van der Waals surface area contributed by atoms with Crippen molar-refractivity contribution in [2.75, 3.05) is 0 Å². The van der Waals surface area contributed by atoms with Crippen LogP contribution >= 0.6 is 0 Å². The number of esters is 1. The van der Waals surface area contributed by atoms with E-state index in [2.05, 4.69) is 18.2 Å². The quantitative estimate of drug-likeness (QED) is 0.0672. The number of allylic oxidation sites excluding steroid dienone is 1. The summed E-state index contributed by atoms with van der Waals surface area (Å²) in [5, 5.41) is 0. The third-order valence-electron chi connectivity index (χ3n) is 5.93. The first-order valence-electron chi connectivity index (χ1n) is 13.3. The van der Waals surface area contributed by atoms with Crippen LogP contribution in [0.1, 0.15) is 148 Å². The second-order valence-corrected chi connectivity index (χ2v) is 8.87. The molecule has 0 aromatic heterocycles. The molecule has 0 N–H and O–H groups in total. The predicted octanol–water partition coefficient (Wildman–Crippen LogP) is 9.83. The van der Waals surface area contributed by atoms with Gasteiger partial charge in [0.1, 0.15) is 0 Å². The summed E-state index contributed by atoms with van der Waals surface area (Å²) in [5.74, 6) is -0.325. The Hall–Kier alpha value is -1.05. The number of hydrogen-bond donors (Lipinski definition) is 0. The summed E-state index contributed by atoms with van der Waals surface area (Å²) in [7, 11) is 0. The minimum absolute atomic E-state index is 0.325. The summed E-state index contributed by atoms with van der Waals surface area (Å²) in [6.45, 7) is 5.66. The van der Waals surface area contributed by atoms with Crippen LogP contribution in [-0.2, 0) is 9.53 Å². The van der Waals surface area contributed by atoms with Gasteiger partial charge in [0.2, 0.25) is 0 Å². The van der Waals surface area contributed by atoms with Gasteiger partial charge in [0.05, 0.1) is 6.26 Å². The molecule has 0 aliphatic carbocycles. The Bertz CT molecular complexity index is 386. The van der Waals surface area contributed by atoms with Crippen molar-refractivity contribution in [1.29, 1.82) is 0 Å². The second kappa shape index (κ2) is 26.0. The average molecular weight is 421 g/mol. The molecule has 0 radical (unpaired) electrons. The Labute approximate surface area is 188 Å². The maximum Gasteiger partial charge on any atom is 0.335 e. The third-order valence-corrected chi connectivity index (χ3v) is 5.93. The lowest BCUT2D eigenvalue weighted by molar-refractivity contribution is -0.132. The monoisotopic (exact) mass is 420 g/mol. The molecule has 0 heterocycles. The maximum absolute atomic E-state index is 11.1. The molecule has 0 aromatic rings. The van der Waals surface area contributed by atoms with Crippen molar-refractivity contribution in [2.24, 2.45) is 0 Å². The van der Waals surface area contributed by atoms with Crippen LogP contribution in [0.4, 0.5) is 0 Å². The number of unbranched alkanes of at least 4 members (excludes halogenated alkanes) is 21. The summed E-state index contributed by atoms with van der Waals surface area (Å²) in [6.07, 6.45) is 35.1. The first kappa shape index (κ1) is 28.9. The molecule has 176 valence electrons. The number of carbonyl (C=O) groups excluding carboxylic acids is 1. The lowest BCUT2D eigenvalue weighted by atomic mass is 10.0. The summed E-state index contributed by atoms with van der Waals surface area (Å²) < 4.78 is 4.63. The van der Waals surface area contributed by atoms with E-state index in [1.54, 1.807) is 0 Å². The van der Waals surface area contributed by atoms with E-state index >= 15 is 0 Å². The van der Waals surface area contributed by atoms with Gasteiger partial charge in [-0.15, -0.1) is 0 Å². The van der Waals surface area contributed by atoms with Gasteiger partial charge in [-0.3, -0.25) is 0 Å². The lowest BCUT2D eigenvalue weighted by Crippen LogP contribution is -1.92. The van der Waals surface area contributed by atoms with Gasteiger partial charge in [-0.05, 0) is 12.8 Å². The van der Waals surface area contributed by atoms with Gasteiger partial charge in [0.15, 0.2) is 0 Å². The minimum Gasteiger partial charge on any atom is -0.432 e. The Morgan fingerprint density at radius 1 is 0.600 bits per heavy atom. The van der Waals surface area contributed by atoms with Crippen LogP contribution < -0.4 is 0 Å². The van der Waals surface area contributed by atoms with Crippen LogP contribution in [-0.4, -0.2) is 5.97 Å². The Morgan fingerprint density at radius 2 is 0.933 bits per heavy atom. The smallest absolute Gasteiger partial charge is 0.335 e. The average Bonchev–Trinajstić information content (AvgIpc) is 2.74. The van der Waals surface area contributed by atoms with Gasteiger partial charge in [-0.1, -0.05) is 148 Å². The standard InChI is InChI=1S/C28H52O2/c1-3-5-6-7-8-9-10-11-12-13-14-15-16-17-18-19-20-21-22-23-24-25-26-27-28(29)30-4-2/h4,26-27H,2-3,5-25H2,1H3. The van der Waals surface area contributed by atoms with Crippen LogP contribution in [0, 0.1) is 0 Å². The molecule has 0 fully saturated rings. The zero-order valence-electron chi connectivity index (χ0n) is 20.3. The largest absolute Gasteiger partial charge is 0.432 e. The molecule has 2 nitrogen and oxygen atoms in total. The van der Waals surface area contributed by atoms with Gasteiger partial charge in [-0.25, -0.2) is 4.79 Å². The van der Waals surface area contributed by atoms with Crippen LogP contribution in [0.2, 0.25) is 0 Å². The van der Waals surface area contributed by atoms with Gasteiger partial charge in [-0.2, -0.15) is 0 Å². The molecule has 0 aromatic carbocycles. The normalized spacial score (nSPS) is 11.2. The highest BCUT2D eigenvalue weighted by molar-refractivity contribution is 5.82. The Morgan fingerprint density at radius 3 is 1.27 bits per heavy atom. The summed E-state index contributed by atoms with van der Waals surface area (Å²) in [5.41, 5.74) is 0. The molecule has 0 unspecified atom stereocenters. The van der Waals surface area contributed by atoms with Crippen molar-refractivity contribution < 1.29 is 9.53 Å². The van der Waals surface area contributed by atoms with E-state index in [9.17, 15) is 4.79 Å². The van der Waals surface area contributed by atoms with Crippen molar-refractivity contribution in [3.63, 3.8) is 0 Å². The molecule has 0 aliphatic heterocycles. The number of hydrogen-bond acceptors (Lipinski definition) is 2. The number of carbonyl (C=O) groups is 1. The SMILES string of the molecule is C=COC(=O)C=CCCCCCCCCCCCCCCCCCCCCCCC. The van der Waals surface area contributed by atoms with E-state index in [0.29, 0.717) is 0 Å². The van der Waals surface area contributed by atoms with Crippen molar-refractivity contribution >= 4 is 5.97 Å². The first-order chi connectivity index (χ1) is 14.8. The van der Waals surface area contributed by atoms with Crippen LogP contribution in [0.3, 0.4) is 0 Å². The summed E-state index contributed by atoms with van der Waals surface area (Å²) >= 11 is 0. The summed E-state index contributed by atoms with van der Waals surface area (Å²) in [4.78, 5) is 11.1. The zero-order chi connectivity index (χ0) is 22.0. The lowest BCUT2D eigenvalue weighted by Gasteiger charge is -2.04. The maximum atomic E-state index is 11.1. The van der Waals surface area contributed by atoms with Crippen molar-refractivity contribution in [3.8, 4) is 0 Å². The van der Waals surface area contributed by atoms with Crippen molar-refractivity contribution in [1.82, 2.24) is 0 Å².